The Morgan fingerprint density at radius 1 is 1.21 bits per heavy atom. The van der Waals surface area contributed by atoms with E-state index in [0.717, 1.165) is 28.5 Å². The summed E-state index contributed by atoms with van der Waals surface area (Å²) in [6.45, 7) is 3.71. The molecule has 0 saturated carbocycles. The maximum Gasteiger partial charge on any atom is 0.307 e. The van der Waals surface area contributed by atoms with Crippen LogP contribution in [0.5, 0.6) is 0 Å². The molecule has 0 bridgehead atoms. The topological polar surface area (TPSA) is 37.3 Å². The van der Waals surface area contributed by atoms with Crippen molar-refractivity contribution in [2.45, 2.75) is 17.7 Å². The highest BCUT2D eigenvalue weighted by Crippen LogP contribution is 2.25. The van der Waals surface area contributed by atoms with Gasteiger partial charge in [-0.3, -0.25) is 4.79 Å². The third kappa shape index (κ3) is 3.86. The third-order valence-electron chi connectivity index (χ3n) is 2.82. The fourth-order valence-electron chi connectivity index (χ4n) is 1.91. The van der Waals surface area contributed by atoms with E-state index >= 15 is 0 Å². The second-order valence-corrected chi connectivity index (χ2v) is 5.51. The normalized spacial score (nSPS) is 10.5. The van der Waals surface area contributed by atoms with Crippen molar-refractivity contribution in [3.8, 4) is 0 Å². The van der Waals surface area contributed by atoms with Crippen molar-refractivity contribution < 1.29 is 9.90 Å². The zero-order valence-corrected chi connectivity index (χ0v) is 11.5. The van der Waals surface area contributed by atoms with Crippen LogP contribution in [0.3, 0.4) is 0 Å². The lowest BCUT2D eigenvalue weighted by molar-refractivity contribution is -0.136. The van der Waals surface area contributed by atoms with Crippen LogP contribution in [0.2, 0.25) is 0 Å². The van der Waals surface area contributed by atoms with Gasteiger partial charge >= 0.3 is 5.97 Å². The van der Waals surface area contributed by atoms with Crippen LogP contribution < -0.4 is 0 Å². The fourth-order valence-corrected chi connectivity index (χ4v) is 2.80. The lowest BCUT2D eigenvalue weighted by Crippen LogP contribution is -1.99. The van der Waals surface area contributed by atoms with Gasteiger partial charge < -0.3 is 5.11 Å². The SMILES string of the molecule is C=CCCSc1ccc2cc(CC(=O)O)ccc2c1. The maximum atomic E-state index is 10.7. The molecule has 1 N–H and O–H groups in total. The van der Waals surface area contributed by atoms with Crippen LogP contribution >= 0.6 is 11.8 Å². The van der Waals surface area contributed by atoms with Crippen LogP contribution in [0.25, 0.3) is 10.8 Å². The van der Waals surface area contributed by atoms with E-state index in [1.165, 1.54) is 4.90 Å². The van der Waals surface area contributed by atoms with Crippen LogP contribution in [-0.2, 0) is 11.2 Å². The molecule has 0 heterocycles. The quantitative estimate of drug-likeness (QED) is 0.488. The molecule has 0 radical (unpaired) electrons. The van der Waals surface area contributed by atoms with Gasteiger partial charge in [0.2, 0.25) is 0 Å². The average molecular weight is 272 g/mol. The minimum atomic E-state index is -0.795. The Hall–Kier alpha value is -1.74. The third-order valence-corrected chi connectivity index (χ3v) is 3.85. The van der Waals surface area contributed by atoms with E-state index in [1.807, 2.05) is 36.0 Å². The smallest absolute Gasteiger partial charge is 0.307 e. The monoisotopic (exact) mass is 272 g/mol. The van der Waals surface area contributed by atoms with Crippen LogP contribution in [-0.4, -0.2) is 16.8 Å². The van der Waals surface area contributed by atoms with Gasteiger partial charge in [0.05, 0.1) is 6.42 Å². The number of carboxylic acid groups (broad SMARTS) is 1. The summed E-state index contributed by atoms with van der Waals surface area (Å²) in [5.74, 6) is 0.238. The molecule has 2 nitrogen and oxygen atoms in total. The van der Waals surface area contributed by atoms with E-state index in [-0.39, 0.29) is 6.42 Å². The number of hydrogen-bond donors (Lipinski definition) is 1. The van der Waals surface area contributed by atoms with Gasteiger partial charge in [-0.15, -0.1) is 18.3 Å². The summed E-state index contributed by atoms with van der Waals surface area (Å²) >= 11 is 1.81. The first-order valence-electron chi connectivity index (χ1n) is 6.17. The largest absolute Gasteiger partial charge is 0.481 e. The molecule has 3 heteroatoms. The zero-order chi connectivity index (χ0) is 13.7. The summed E-state index contributed by atoms with van der Waals surface area (Å²) in [4.78, 5) is 11.9. The van der Waals surface area contributed by atoms with E-state index in [0.29, 0.717) is 0 Å². The second kappa shape index (κ2) is 6.43. The van der Waals surface area contributed by atoms with Crippen molar-refractivity contribution in [2.24, 2.45) is 0 Å². The highest BCUT2D eigenvalue weighted by molar-refractivity contribution is 7.99. The first kappa shape index (κ1) is 13.7. The lowest BCUT2D eigenvalue weighted by atomic mass is 10.1. The Labute approximate surface area is 117 Å². The predicted molar refractivity (Wildman–Crippen MR) is 80.8 cm³/mol. The van der Waals surface area contributed by atoms with Crippen molar-refractivity contribution in [1.82, 2.24) is 0 Å². The second-order valence-electron chi connectivity index (χ2n) is 4.34. The van der Waals surface area contributed by atoms with E-state index in [9.17, 15) is 4.79 Å². The number of rotatable bonds is 6. The van der Waals surface area contributed by atoms with Gasteiger partial charge in [0, 0.05) is 10.6 Å². The van der Waals surface area contributed by atoms with E-state index < -0.39 is 5.97 Å². The molecule has 2 aromatic rings. The molecule has 0 aliphatic heterocycles. The predicted octanol–water partition coefficient (Wildman–Crippen LogP) is 4.14. The maximum absolute atomic E-state index is 10.7. The number of thioether (sulfide) groups is 1. The summed E-state index contributed by atoms with van der Waals surface area (Å²) in [5, 5.41) is 11.0. The van der Waals surface area contributed by atoms with Gasteiger partial charge in [0.25, 0.3) is 0 Å². The summed E-state index contributed by atoms with van der Waals surface area (Å²) < 4.78 is 0. The molecule has 0 amide bonds. The number of allylic oxidation sites excluding steroid dienone is 1. The minimum Gasteiger partial charge on any atom is -0.481 e. The van der Waals surface area contributed by atoms with Gasteiger partial charge in [-0.1, -0.05) is 30.3 Å². The fraction of sp³-hybridized carbons (Fsp3) is 0.188. The van der Waals surface area contributed by atoms with Crippen molar-refractivity contribution in [3.05, 3.63) is 54.6 Å². The summed E-state index contributed by atoms with van der Waals surface area (Å²) in [5.41, 5.74) is 0.840. The molecular weight excluding hydrogens is 256 g/mol. The van der Waals surface area contributed by atoms with E-state index in [4.69, 9.17) is 5.11 Å². The molecule has 0 saturated heterocycles. The molecule has 19 heavy (non-hydrogen) atoms. The molecule has 0 spiro atoms. The molecule has 2 aromatic carbocycles. The van der Waals surface area contributed by atoms with Crippen molar-refractivity contribution in [1.29, 1.82) is 0 Å². The standard InChI is InChI=1S/C16H16O2S/c1-2-3-8-19-15-7-6-13-9-12(10-16(17)18)4-5-14(13)11-15/h2,4-7,9,11H,1,3,8,10H2,(H,17,18). The number of carbonyl (C=O) groups is 1. The number of aliphatic carboxylic acids is 1. The molecule has 2 rings (SSSR count). The first-order chi connectivity index (χ1) is 9.19. The van der Waals surface area contributed by atoms with Crippen molar-refractivity contribution in [2.75, 3.05) is 5.75 Å². The number of carboxylic acids is 1. The Morgan fingerprint density at radius 2 is 1.95 bits per heavy atom. The Morgan fingerprint density at radius 3 is 2.68 bits per heavy atom. The molecule has 0 unspecified atom stereocenters. The van der Waals surface area contributed by atoms with Gasteiger partial charge in [-0.05, 0) is 34.9 Å². The molecule has 0 aliphatic rings. The molecular formula is C16H16O2S. The molecule has 0 atom stereocenters. The average Bonchev–Trinajstić information content (AvgIpc) is 2.38. The summed E-state index contributed by atoms with van der Waals surface area (Å²) in [7, 11) is 0. The van der Waals surface area contributed by atoms with Crippen molar-refractivity contribution in [3.63, 3.8) is 0 Å². The Balaban J connectivity index is 2.19. The van der Waals surface area contributed by atoms with Gasteiger partial charge in [0.1, 0.15) is 0 Å². The summed E-state index contributed by atoms with van der Waals surface area (Å²) in [6.07, 6.45) is 3.00. The molecule has 0 aliphatic carbocycles. The number of hydrogen-bond acceptors (Lipinski definition) is 2. The zero-order valence-electron chi connectivity index (χ0n) is 10.6. The highest BCUT2D eigenvalue weighted by Gasteiger charge is 2.02. The molecule has 0 aromatic heterocycles. The van der Waals surface area contributed by atoms with Crippen LogP contribution in [0, 0.1) is 0 Å². The lowest BCUT2D eigenvalue weighted by Gasteiger charge is -2.05. The highest BCUT2D eigenvalue weighted by atomic mass is 32.2. The number of benzene rings is 2. The van der Waals surface area contributed by atoms with E-state index in [1.54, 1.807) is 0 Å². The Kier molecular flexibility index (Phi) is 4.63. The van der Waals surface area contributed by atoms with Crippen LogP contribution in [0.15, 0.2) is 53.9 Å². The molecule has 0 fully saturated rings. The van der Waals surface area contributed by atoms with Gasteiger partial charge in [-0.2, -0.15) is 0 Å². The van der Waals surface area contributed by atoms with Gasteiger partial charge in [-0.25, -0.2) is 0 Å². The van der Waals surface area contributed by atoms with E-state index in [2.05, 4.69) is 24.8 Å². The molecule has 98 valence electrons. The minimum absolute atomic E-state index is 0.0752. The Bertz CT molecular complexity index is 605. The summed E-state index contributed by atoms with van der Waals surface area (Å²) in [6, 6.07) is 12.1. The number of fused-ring (bicyclic) bond motifs is 1. The van der Waals surface area contributed by atoms with Crippen LogP contribution in [0.1, 0.15) is 12.0 Å². The van der Waals surface area contributed by atoms with Crippen LogP contribution in [0.4, 0.5) is 0 Å². The first-order valence-corrected chi connectivity index (χ1v) is 7.16. The van der Waals surface area contributed by atoms with Gasteiger partial charge in [0.15, 0.2) is 0 Å². The van der Waals surface area contributed by atoms with Crippen molar-refractivity contribution >= 4 is 28.5 Å².